The SMILES string of the molecule is C[C@H](Cc1cccc(Cl)c1)NC(=O)C[C@@H]1CCS(=O)(=O)C1. The Hall–Kier alpha value is -1.07. The van der Waals surface area contributed by atoms with Crippen LogP contribution in [-0.2, 0) is 21.1 Å². The van der Waals surface area contributed by atoms with Crippen LogP contribution in [0.5, 0.6) is 0 Å². The average molecular weight is 330 g/mol. The zero-order chi connectivity index (χ0) is 15.5. The quantitative estimate of drug-likeness (QED) is 0.900. The van der Waals surface area contributed by atoms with Gasteiger partial charge in [0.1, 0.15) is 0 Å². The van der Waals surface area contributed by atoms with E-state index < -0.39 is 9.84 Å². The number of nitrogens with one attached hydrogen (secondary N) is 1. The molecule has 1 N–H and O–H groups in total. The second kappa shape index (κ2) is 6.79. The number of carbonyl (C=O) groups is 1. The van der Waals surface area contributed by atoms with Crippen LogP contribution in [0.1, 0.15) is 25.3 Å². The van der Waals surface area contributed by atoms with Gasteiger partial charge in [-0.05, 0) is 43.4 Å². The van der Waals surface area contributed by atoms with Gasteiger partial charge in [-0.3, -0.25) is 4.79 Å². The lowest BCUT2D eigenvalue weighted by Crippen LogP contribution is -2.35. The Morgan fingerprint density at radius 1 is 1.48 bits per heavy atom. The van der Waals surface area contributed by atoms with Crippen LogP contribution < -0.4 is 5.32 Å². The largest absolute Gasteiger partial charge is 0.353 e. The minimum Gasteiger partial charge on any atom is -0.353 e. The molecular formula is C15H20ClNO3S. The maximum atomic E-state index is 11.9. The van der Waals surface area contributed by atoms with E-state index in [1.807, 2.05) is 31.2 Å². The molecule has 1 fully saturated rings. The molecule has 0 spiro atoms. The maximum absolute atomic E-state index is 11.9. The highest BCUT2D eigenvalue weighted by molar-refractivity contribution is 7.91. The molecule has 2 rings (SSSR count). The van der Waals surface area contributed by atoms with E-state index in [2.05, 4.69) is 5.32 Å². The zero-order valence-electron chi connectivity index (χ0n) is 12.0. The van der Waals surface area contributed by atoms with E-state index in [9.17, 15) is 13.2 Å². The molecular weight excluding hydrogens is 310 g/mol. The molecule has 0 bridgehead atoms. The summed E-state index contributed by atoms with van der Waals surface area (Å²) in [6, 6.07) is 7.55. The van der Waals surface area contributed by atoms with Crippen molar-refractivity contribution in [3.8, 4) is 0 Å². The average Bonchev–Trinajstić information content (AvgIpc) is 2.67. The molecule has 0 aliphatic carbocycles. The van der Waals surface area contributed by atoms with Crippen LogP contribution >= 0.6 is 11.6 Å². The van der Waals surface area contributed by atoms with Gasteiger partial charge >= 0.3 is 0 Å². The van der Waals surface area contributed by atoms with Crippen molar-refractivity contribution in [2.24, 2.45) is 5.92 Å². The number of sulfone groups is 1. The third-order valence-electron chi connectivity index (χ3n) is 3.64. The fraction of sp³-hybridized carbons (Fsp3) is 0.533. The topological polar surface area (TPSA) is 63.2 Å². The molecule has 21 heavy (non-hydrogen) atoms. The molecule has 1 aromatic rings. The smallest absolute Gasteiger partial charge is 0.220 e. The normalized spacial score (nSPS) is 21.9. The number of rotatable bonds is 5. The van der Waals surface area contributed by atoms with Crippen molar-refractivity contribution < 1.29 is 13.2 Å². The first-order valence-electron chi connectivity index (χ1n) is 7.08. The first-order valence-corrected chi connectivity index (χ1v) is 9.28. The molecule has 0 saturated carbocycles. The monoisotopic (exact) mass is 329 g/mol. The van der Waals surface area contributed by atoms with E-state index in [-0.39, 0.29) is 29.4 Å². The predicted octanol–water partition coefficient (Wildman–Crippen LogP) is 2.21. The second-order valence-corrected chi connectivity index (χ2v) is 8.44. The van der Waals surface area contributed by atoms with Crippen molar-refractivity contribution in [1.82, 2.24) is 5.32 Å². The number of halogens is 1. The van der Waals surface area contributed by atoms with Gasteiger partial charge in [-0.15, -0.1) is 0 Å². The lowest BCUT2D eigenvalue weighted by atomic mass is 10.0. The molecule has 0 radical (unpaired) electrons. The molecule has 0 unspecified atom stereocenters. The third-order valence-corrected chi connectivity index (χ3v) is 5.71. The summed E-state index contributed by atoms with van der Waals surface area (Å²) in [5.41, 5.74) is 1.07. The molecule has 6 heteroatoms. The summed E-state index contributed by atoms with van der Waals surface area (Å²) in [4.78, 5) is 11.9. The minimum atomic E-state index is -2.92. The summed E-state index contributed by atoms with van der Waals surface area (Å²) in [5, 5.41) is 3.61. The van der Waals surface area contributed by atoms with Crippen molar-refractivity contribution in [3.05, 3.63) is 34.9 Å². The Balaban J connectivity index is 1.80. The van der Waals surface area contributed by atoms with Crippen LogP contribution in [0.15, 0.2) is 24.3 Å². The Labute approximate surface area is 130 Å². The molecule has 1 aromatic carbocycles. The number of carbonyl (C=O) groups excluding carboxylic acids is 1. The fourth-order valence-electron chi connectivity index (χ4n) is 2.70. The van der Waals surface area contributed by atoms with Crippen LogP contribution in [0.25, 0.3) is 0 Å². The molecule has 4 nitrogen and oxygen atoms in total. The molecule has 116 valence electrons. The summed E-state index contributed by atoms with van der Waals surface area (Å²) < 4.78 is 22.7. The van der Waals surface area contributed by atoms with E-state index in [4.69, 9.17) is 11.6 Å². The van der Waals surface area contributed by atoms with Crippen molar-refractivity contribution in [3.63, 3.8) is 0 Å². The van der Waals surface area contributed by atoms with Gasteiger partial charge < -0.3 is 5.32 Å². The number of benzene rings is 1. The summed E-state index contributed by atoms with van der Waals surface area (Å²) in [5.74, 6) is 0.242. The predicted molar refractivity (Wildman–Crippen MR) is 84.1 cm³/mol. The van der Waals surface area contributed by atoms with Gasteiger partial charge in [-0.2, -0.15) is 0 Å². The molecule has 1 aliphatic heterocycles. The second-order valence-electron chi connectivity index (χ2n) is 5.78. The fourth-order valence-corrected chi connectivity index (χ4v) is 4.77. The zero-order valence-corrected chi connectivity index (χ0v) is 13.6. The molecule has 1 saturated heterocycles. The summed E-state index contributed by atoms with van der Waals surface area (Å²) in [6.45, 7) is 1.93. The van der Waals surface area contributed by atoms with Crippen molar-refractivity contribution in [2.45, 2.75) is 32.2 Å². The Morgan fingerprint density at radius 2 is 2.24 bits per heavy atom. The molecule has 1 aliphatic rings. The van der Waals surface area contributed by atoms with Gasteiger partial charge in [0.2, 0.25) is 5.91 Å². The van der Waals surface area contributed by atoms with E-state index >= 15 is 0 Å². The van der Waals surface area contributed by atoms with Crippen LogP contribution in [0.2, 0.25) is 5.02 Å². The van der Waals surface area contributed by atoms with Crippen LogP contribution in [0.3, 0.4) is 0 Å². The Kier molecular flexibility index (Phi) is 5.27. The Bertz CT molecular complexity index is 615. The molecule has 1 amide bonds. The van der Waals surface area contributed by atoms with Gasteiger partial charge in [0.25, 0.3) is 0 Å². The number of hydrogen-bond donors (Lipinski definition) is 1. The van der Waals surface area contributed by atoms with Crippen molar-refractivity contribution in [1.29, 1.82) is 0 Å². The lowest BCUT2D eigenvalue weighted by Gasteiger charge is -2.15. The van der Waals surface area contributed by atoms with Crippen LogP contribution in [0, 0.1) is 5.92 Å². The summed E-state index contributed by atoms with van der Waals surface area (Å²) in [6.07, 6.45) is 1.59. The van der Waals surface area contributed by atoms with E-state index in [1.165, 1.54) is 0 Å². The maximum Gasteiger partial charge on any atom is 0.220 e. The Morgan fingerprint density at radius 3 is 2.86 bits per heavy atom. The summed E-state index contributed by atoms with van der Waals surface area (Å²) >= 11 is 5.93. The highest BCUT2D eigenvalue weighted by atomic mass is 35.5. The van der Waals surface area contributed by atoms with Gasteiger partial charge in [0.05, 0.1) is 11.5 Å². The highest BCUT2D eigenvalue weighted by Gasteiger charge is 2.29. The highest BCUT2D eigenvalue weighted by Crippen LogP contribution is 2.21. The summed E-state index contributed by atoms with van der Waals surface area (Å²) in [7, 11) is -2.92. The van der Waals surface area contributed by atoms with E-state index in [1.54, 1.807) is 0 Å². The van der Waals surface area contributed by atoms with Gasteiger partial charge in [0, 0.05) is 17.5 Å². The third kappa shape index (κ3) is 5.32. The number of amides is 1. The van der Waals surface area contributed by atoms with Gasteiger partial charge in [0.15, 0.2) is 9.84 Å². The van der Waals surface area contributed by atoms with Gasteiger partial charge in [-0.25, -0.2) is 8.42 Å². The van der Waals surface area contributed by atoms with Crippen molar-refractivity contribution >= 4 is 27.3 Å². The van der Waals surface area contributed by atoms with Gasteiger partial charge in [-0.1, -0.05) is 23.7 Å². The van der Waals surface area contributed by atoms with E-state index in [0.717, 1.165) is 5.56 Å². The molecule has 2 atom stereocenters. The standard InChI is InChI=1S/C15H20ClNO3S/c1-11(7-12-3-2-4-14(16)8-12)17-15(18)9-13-5-6-21(19,20)10-13/h2-4,8,11,13H,5-7,9-10H2,1H3,(H,17,18)/t11-,13+/m1/s1. The lowest BCUT2D eigenvalue weighted by molar-refractivity contribution is -0.122. The first-order chi connectivity index (χ1) is 9.84. The minimum absolute atomic E-state index is 0.00558. The van der Waals surface area contributed by atoms with Crippen molar-refractivity contribution in [2.75, 3.05) is 11.5 Å². The van der Waals surface area contributed by atoms with Crippen LogP contribution in [-0.4, -0.2) is 31.9 Å². The van der Waals surface area contributed by atoms with E-state index in [0.29, 0.717) is 24.3 Å². The van der Waals surface area contributed by atoms with Crippen LogP contribution in [0.4, 0.5) is 0 Å². The molecule has 1 heterocycles. The number of hydrogen-bond acceptors (Lipinski definition) is 3. The first kappa shape index (κ1) is 16.3. The molecule has 0 aromatic heterocycles.